The van der Waals surface area contributed by atoms with Gasteiger partial charge in [0.1, 0.15) is 5.54 Å². The zero-order valence-electron chi connectivity index (χ0n) is 18.9. The highest BCUT2D eigenvalue weighted by molar-refractivity contribution is 6.06. The maximum Gasteiger partial charge on any atom is 0.329 e. The minimum Gasteiger partial charge on any atom is -0.505 e. The molecule has 0 saturated carbocycles. The van der Waals surface area contributed by atoms with E-state index in [1.165, 1.54) is 26.8 Å². The molecule has 0 spiro atoms. The Hall–Kier alpha value is -3.82. The highest BCUT2D eigenvalue weighted by Gasteiger charge is 2.36. The van der Waals surface area contributed by atoms with Crippen LogP contribution in [-0.2, 0) is 9.59 Å². The molecule has 0 aliphatic heterocycles. The van der Waals surface area contributed by atoms with Crippen LogP contribution < -0.4 is 5.32 Å². The maximum absolute atomic E-state index is 15.1. The smallest absolute Gasteiger partial charge is 0.329 e. The van der Waals surface area contributed by atoms with E-state index in [4.69, 9.17) is 0 Å². The number of aliphatic carboxylic acids is 1. The van der Waals surface area contributed by atoms with Crippen LogP contribution in [0.25, 0.3) is 10.9 Å². The number of aromatic nitrogens is 1. The molecule has 10 heteroatoms. The van der Waals surface area contributed by atoms with Crippen molar-refractivity contribution in [3.63, 3.8) is 0 Å². The number of hydrogen-bond donors (Lipinski definition) is 3. The molecule has 3 rings (SSSR count). The number of amides is 1. The lowest BCUT2D eigenvalue weighted by molar-refractivity contribution is -0.147. The van der Waals surface area contributed by atoms with Gasteiger partial charge in [0.2, 0.25) is 5.91 Å². The number of carboxylic acid groups (broad SMARTS) is 1. The third-order valence-corrected chi connectivity index (χ3v) is 6.11. The molecular weight excluding hydrogens is 453 g/mol. The predicted molar refractivity (Wildman–Crippen MR) is 117 cm³/mol. The van der Waals surface area contributed by atoms with Crippen molar-refractivity contribution in [2.75, 3.05) is 0 Å². The largest absolute Gasteiger partial charge is 0.505 e. The number of benzene rings is 2. The first-order valence-corrected chi connectivity index (χ1v) is 10.4. The van der Waals surface area contributed by atoms with E-state index in [0.29, 0.717) is 6.07 Å². The molecule has 0 fully saturated rings. The number of nitrogens with zero attached hydrogens (tertiary/aromatic N) is 1. The van der Waals surface area contributed by atoms with Crippen molar-refractivity contribution in [1.82, 2.24) is 9.88 Å². The van der Waals surface area contributed by atoms with Gasteiger partial charge in [-0.15, -0.1) is 0 Å². The highest BCUT2D eigenvalue weighted by atomic mass is 19.2. The number of carboxylic acids is 1. The van der Waals surface area contributed by atoms with Crippen LogP contribution in [0, 0.1) is 24.4 Å². The van der Waals surface area contributed by atoms with Crippen LogP contribution in [-0.4, -0.2) is 38.1 Å². The fraction of sp³-hybridized carbons (Fsp3) is 0.292. The first kappa shape index (κ1) is 24.8. The zero-order valence-corrected chi connectivity index (χ0v) is 18.9. The molecule has 0 saturated heterocycles. The van der Waals surface area contributed by atoms with Crippen molar-refractivity contribution < 1.29 is 37.8 Å². The minimum absolute atomic E-state index is 0.00586. The molecule has 34 heavy (non-hydrogen) atoms. The third kappa shape index (κ3) is 4.00. The molecule has 2 aromatic carbocycles. The van der Waals surface area contributed by atoms with Crippen molar-refractivity contribution in [3.8, 4) is 5.75 Å². The van der Waals surface area contributed by atoms with Gasteiger partial charge >= 0.3 is 5.97 Å². The Balaban J connectivity index is 2.21. The Bertz CT molecular complexity index is 1330. The molecule has 1 aromatic heterocycles. The predicted octanol–water partition coefficient (Wildman–Crippen LogP) is 4.23. The van der Waals surface area contributed by atoms with E-state index in [1.54, 1.807) is 6.92 Å². The first-order valence-electron chi connectivity index (χ1n) is 10.4. The maximum atomic E-state index is 15.1. The SMILES string of the molecule is CCC(C)(NC(=O)[C@H](C)c1c(C)n(C(=O)c2ccc(F)c(F)c2)c2ccc(O)c(F)c12)C(=O)O. The van der Waals surface area contributed by atoms with Crippen molar-refractivity contribution in [2.45, 2.75) is 45.6 Å². The van der Waals surface area contributed by atoms with Gasteiger partial charge in [0, 0.05) is 16.6 Å². The second-order valence-electron chi connectivity index (χ2n) is 8.26. The summed E-state index contributed by atoms with van der Waals surface area (Å²) in [6, 6.07) is 4.84. The average Bonchev–Trinajstić information content (AvgIpc) is 3.09. The Kier molecular flexibility index (Phi) is 6.46. The summed E-state index contributed by atoms with van der Waals surface area (Å²) in [6.07, 6.45) is 0.0747. The second-order valence-corrected chi connectivity index (χ2v) is 8.26. The Morgan fingerprint density at radius 3 is 2.32 bits per heavy atom. The fourth-order valence-electron chi connectivity index (χ4n) is 3.83. The summed E-state index contributed by atoms with van der Waals surface area (Å²) >= 11 is 0. The van der Waals surface area contributed by atoms with Crippen molar-refractivity contribution in [2.24, 2.45) is 0 Å². The Labute approximate surface area is 192 Å². The number of aromatic hydroxyl groups is 1. The van der Waals surface area contributed by atoms with E-state index in [0.717, 1.165) is 22.8 Å². The van der Waals surface area contributed by atoms with Gasteiger partial charge in [-0.25, -0.2) is 18.0 Å². The van der Waals surface area contributed by atoms with E-state index >= 15 is 4.39 Å². The number of carbonyl (C=O) groups is 3. The normalized spacial score (nSPS) is 14.0. The summed E-state index contributed by atoms with van der Waals surface area (Å²) < 4.78 is 43.2. The van der Waals surface area contributed by atoms with Gasteiger partial charge in [-0.3, -0.25) is 14.2 Å². The number of fused-ring (bicyclic) bond motifs is 1. The van der Waals surface area contributed by atoms with Crippen molar-refractivity contribution >= 4 is 28.7 Å². The summed E-state index contributed by atoms with van der Waals surface area (Å²) in [5.74, 6) is -8.14. The van der Waals surface area contributed by atoms with Crippen LogP contribution in [0.5, 0.6) is 5.75 Å². The fourth-order valence-corrected chi connectivity index (χ4v) is 3.83. The van der Waals surface area contributed by atoms with Crippen molar-refractivity contribution in [1.29, 1.82) is 0 Å². The number of phenolic OH excluding ortho intramolecular Hbond substituents is 1. The van der Waals surface area contributed by atoms with E-state index in [2.05, 4.69) is 5.32 Å². The molecule has 1 heterocycles. The summed E-state index contributed by atoms with van der Waals surface area (Å²) in [6.45, 7) is 5.75. The van der Waals surface area contributed by atoms with E-state index < -0.39 is 52.4 Å². The van der Waals surface area contributed by atoms with E-state index in [9.17, 15) is 33.4 Å². The van der Waals surface area contributed by atoms with Crippen LogP contribution >= 0.6 is 0 Å². The molecule has 0 bridgehead atoms. The number of halogens is 3. The molecule has 0 aliphatic rings. The summed E-state index contributed by atoms with van der Waals surface area (Å²) in [5.41, 5.74) is -1.65. The third-order valence-electron chi connectivity index (χ3n) is 6.11. The number of rotatable bonds is 6. The van der Waals surface area contributed by atoms with E-state index in [1.807, 2.05) is 0 Å². The highest BCUT2D eigenvalue weighted by Crippen LogP contribution is 2.37. The minimum atomic E-state index is -1.58. The van der Waals surface area contributed by atoms with Crippen LogP contribution in [0.2, 0.25) is 0 Å². The zero-order chi connectivity index (χ0) is 25.5. The Morgan fingerprint density at radius 2 is 1.76 bits per heavy atom. The van der Waals surface area contributed by atoms with Gasteiger partial charge in [0.15, 0.2) is 23.2 Å². The molecule has 0 aliphatic carbocycles. The quantitative estimate of drug-likeness (QED) is 0.493. The molecule has 3 aromatic rings. The lowest BCUT2D eigenvalue weighted by atomic mass is 9.93. The lowest BCUT2D eigenvalue weighted by Crippen LogP contribution is -2.52. The second kappa shape index (κ2) is 8.85. The van der Waals surface area contributed by atoms with Gasteiger partial charge in [-0.1, -0.05) is 6.92 Å². The first-order chi connectivity index (χ1) is 15.8. The standard InChI is InChI=1S/C24H23F3N2O5/c1-5-24(4,23(33)34)28-21(31)11(2)18-12(3)29(16-8-9-17(30)20(27)19(16)18)22(32)13-6-7-14(25)15(26)10-13/h6-11,30H,5H2,1-4H3,(H,28,31)(H,33,34)/t11-,24?/m1/s1. The molecule has 7 nitrogen and oxygen atoms in total. The summed E-state index contributed by atoms with van der Waals surface area (Å²) in [4.78, 5) is 37.8. The van der Waals surface area contributed by atoms with Gasteiger partial charge in [-0.05, 0) is 63.1 Å². The molecule has 3 N–H and O–H groups in total. The molecular formula is C24H23F3N2O5. The van der Waals surface area contributed by atoms with Crippen LogP contribution in [0.1, 0.15) is 54.7 Å². The number of hydrogen-bond acceptors (Lipinski definition) is 4. The number of nitrogens with one attached hydrogen (secondary N) is 1. The molecule has 180 valence electrons. The number of carbonyl (C=O) groups excluding carboxylic acids is 2. The molecule has 2 atom stereocenters. The topological polar surface area (TPSA) is 109 Å². The van der Waals surface area contributed by atoms with Crippen LogP contribution in [0.15, 0.2) is 30.3 Å². The van der Waals surface area contributed by atoms with Gasteiger partial charge < -0.3 is 15.5 Å². The van der Waals surface area contributed by atoms with Gasteiger partial charge in [0.05, 0.1) is 11.4 Å². The van der Waals surface area contributed by atoms with Crippen molar-refractivity contribution in [3.05, 3.63) is 64.6 Å². The molecule has 0 radical (unpaired) electrons. The van der Waals surface area contributed by atoms with Gasteiger partial charge in [0.25, 0.3) is 5.91 Å². The number of phenols is 1. The summed E-state index contributed by atoms with van der Waals surface area (Å²) in [5, 5.41) is 21.6. The lowest BCUT2D eigenvalue weighted by Gasteiger charge is -2.26. The summed E-state index contributed by atoms with van der Waals surface area (Å²) in [7, 11) is 0. The Morgan fingerprint density at radius 1 is 1.12 bits per heavy atom. The monoisotopic (exact) mass is 476 g/mol. The van der Waals surface area contributed by atoms with Crippen LogP contribution in [0.3, 0.4) is 0 Å². The van der Waals surface area contributed by atoms with Gasteiger partial charge in [-0.2, -0.15) is 0 Å². The molecule has 1 unspecified atom stereocenters. The molecule has 1 amide bonds. The average molecular weight is 476 g/mol. The van der Waals surface area contributed by atoms with E-state index in [-0.39, 0.29) is 34.1 Å². The van der Waals surface area contributed by atoms with Crippen LogP contribution in [0.4, 0.5) is 13.2 Å².